The van der Waals surface area contributed by atoms with Gasteiger partial charge in [-0.2, -0.15) is 15.8 Å². The standard InChI is InChI=1S/C45H28N4Si/c46-29-32-21-25-43-41(26-32)40-24-20-33(30-47)27-44(40)49(43)42-19-11-10-18-39(42)34-22-23-35(31-48)45(28-34)50(36-12-4-1-5-13-36,37-14-6-2-7-15-37)38-16-8-3-9-17-38/h1-28H. The summed E-state index contributed by atoms with van der Waals surface area (Å²) < 4.78 is 2.19. The summed E-state index contributed by atoms with van der Waals surface area (Å²) in [5.74, 6) is 0. The molecule has 0 spiro atoms. The van der Waals surface area contributed by atoms with Crippen molar-refractivity contribution < 1.29 is 0 Å². The first-order valence-corrected chi connectivity index (χ1v) is 18.4. The Morgan fingerprint density at radius 1 is 0.440 bits per heavy atom. The highest BCUT2D eigenvalue weighted by Crippen LogP contribution is 2.37. The minimum Gasteiger partial charge on any atom is -0.309 e. The van der Waals surface area contributed by atoms with Gasteiger partial charge in [0.05, 0.1) is 51.6 Å². The Balaban J connectivity index is 1.46. The van der Waals surface area contributed by atoms with E-state index in [1.54, 1.807) is 0 Å². The zero-order chi connectivity index (χ0) is 34.1. The van der Waals surface area contributed by atoms with E-state index in [9.17, 15) is 15.8 Å². The minimum atomic E-state index is -3.02. The maximum Gasteiger partial charge on any atom is 0.180 e. The number of aromatic nitrogens is 1. The van der Waals surface area contributed by atoms with Crippen molar-refractivity contribution in [1.29, 1.82) is 15.8 Å². The van der Waals surface area contributed by atoms with Gasteiger partial charge in [-0.15, -0.1) is 0 Å². The molecule has 0 atom stereocenters. The van der Waals surface area contributed by atoms with E-state index >= 15 is 0 Å². The van der Waals surface area contributed by atoms with Crippen LogP contribution in [0.25, 0.3) is 38.6 Å². The Morgan fingerprint density at radius 3 is 1.60 bits per heavy atom. The first-order chi connectivity index (χ1) is 24.7. The van der Waals surface area contributed by atoms with E-state index in [-0.39, 0.29) is 0 Å². The fraction of sp³-hybridized carbons (Fsp3) is 0. The van der Waals surface area contributed by atoms with Gasteiger partial charge in [0.1, 0.15) is 0 Å². The third kappa shape index (κ3) is 4.80. The molecular formula is C45H28N4Si. The van der Waals surface area contributed by atoms with Crippen LogP contribution in [0, 0.1) is 34.0 Å². The zero-order valence-electron chi connectivity index (χ0n) is 27.0. The summed E-state index contributed by atoms with van der Waals surface area (Å²) in [7, 11) is -3.02. The van der Waals surface area contributed by atoms with Crippen LogP contribution in [0.15, 0.2) is 170 Å². The van der Waals surface area contributed by atoms with E-state index in [2.05, 4.69) is 114 Å². The van der Waals surface area contributed by atoms with Gasteiger partial charge in [-0.25, -0.2) is 0 Å². The molecule has 1 aromatic heterocycles. The van der Waals surface area contributed by atoms with Gasteiger partial charge in [0, 0.05) is 16.3 Å². The number of rotatable bonds is 6. The number of para-hydroxylation sites is 1. The average molecular weight is 653 g/mol. The Morgan fingerprint density at radius 2 is 1.00 bits per heavy atom. The molecule has 0 saturated carbocycles. The van der Waals surface area contributed by atoms with Crippen molar-refractivity contribution in [1.82, 2.24) is 4.57 Å². The van der Waals surface area contributed by atoms with Crippen molar-refractivity contribution in [2.24, 2.45) is 0 Å². The van der Waals surface area contributed by atoms with E-state index < -0.39 is 8.07 Å². The predicted molar refractivity (Wildman–Crippen MR) is 204 cm³/mol. The molecule has 7 aromatic carbocycles. The van der Waals surface area contributed by atoms with Gasteiger partial charge < -0.3 is 4.57 Å². The molecule has 0 aliphatic heterocycles. The smallest absolute Gasteiger partial charge is 0.180 e. The van der Waals surface area contributed by atoms with Crippen LogP contribution in [-0.2, 0) is 0 Å². The minimum absolute atomic E-state index is 0.560. The fourth-order valence-electron chi connectivity index (χ4n) is 7.48. The van der Waals surface area contributed by atoms with Gasteiger partial charge in [-0.1, -0.05) is 127 Å². The van der Waals surface area contributed by atoms with Crippen LogP contribution in [-0.4, -0.2) is 12.6 Å². The summed E-state index contributed by atoms with van der Waals surface area (Å²) in [6, 6.07) is 65.0. The topological polar surface area (TPSA) is 76.3 Å². The van der Waals surface area contributed by atoms with Crippen molar-refractivity contribution in [2.45, 2.75) is 0 Å². The van der Waals surface area contributed by atoms with Gasteiger partial charge in [-0.3, -0.25) is 0 Å². The second kappa shape index (κ2) is 12.6. The van der Waals surface area contributed by atoms with E-state index in [1.807, 2.05) is 78.9 Å². The molecule has 8 aromatic rings. The molecule has 0 aliphatic rings. The normalized spacial score (nSPS) is 11.1. The van der Waals surface area contributed by atoms with E-state index in [1.165, 1.54) is 15.6 Å². The molecule has 0 unspecified atom stereocenters. The molecule has 0 radical (unpaired) electrons. The molecule has 5 heteroatoms. The third-order valence-electron chi connectivity index (χ3n) is 9.64. The van der Waals surface area contributed by atoms with Crippen molar-refractivity contribution >= 4 is 50.6 Å². The van der Waals surface area contributed by atoms with Gasteiger partial charge in [0.25, 0.3) is 0 Å². The monoisotopic (exact) mass is 652 g/mol. The summed E-state index contributed by atoms with van der Waals surface area (Å²) in [6.45, 7) is 0. The van der Waals surface area contributed by atoms with Crippen LogP contribution in [0.2, 0.25) is 0 Å². The first-order valence-electron chi connectivity index (χ1n) is 16.4. The first kappa shape index (κ1) is 30.4. The Hall–Kier alpha value is -6.97. The molecule has 0 saturated heterocycles. The van der Waals surface area contributed by atoms with Gasteiger partial charge in [0.2, 0.25) is 0 Å². The summed E-state index contributed by atoms with van der Waals surface area (Å²) in [5, 5.41) is 36.8. The molecular weight excluding hydrogens is 625 g/mol. The van der Waals surface area contributed by atoms with Crippen LogP contribution in [0.1, 0.15) is 16.7 Å². The Kier molecular flexibility index (Phi) is 7.63. The lowest BCUT2D eigenvalue weighted by Gasteiger charge is -2.35. The number of nitrogens with zero attached hydrogens (tertiary/aromatic N) is 4. The lowest BCUT2D eigenvalue weighted by Crippen LogP contribution is -2.75. The molecule has 1 heterocycles. The molecule has 0 aliphatic carbocycles. The molecule has 8 rings (SSSR count). The van der Waals surface area contributed by atoms with Crippen LogP contribution >= 0.6 is 0 Å². The Bertz CT molecular complexity index is 2580. The maximum atomic E-state index is 10.7. The molecule has 0 fully saturated rings. The summed E-state index contributed by atoms with van der Waals surface area (Å²) in [4.78, 5) is 0. The van der Waals surface area contributed by atoms with Gasteiger partial charge >= 0.3 is 0 Å². The third-order valence-corrected chi connectivity index (χ3v) is 14.5. The van der Waals surface area contributed by atoms with Crippen molar-refractivity contribution in [2.75, 3.05) is 0 Å². The van der Waals surface area contributed by atoms with E-state index in [0.29, 0.717) is 16.7 Å². The SMILES string of the molecule is N#Cc1ccc2c(c1)c1ccc(C#N)cc1n2-c1ccccc1-c1ccc(C#N)c([Si](c2ccccc2)(c2ccccc2)c2ccccc2)c1. The average Bonchev–Trinajstić information content (AvgIpc) is 3.52. The number of fused-ring (bicyclic) bond motifs is 3. The highest BCUT2D eigenvalue weighted by Gasteiger charge is 2.43. The molecule has 0 amide bonds. The number of hydrogen-bond acceptors (Lipinski definition) is 3. The maximum absolute atomic E-state index is 10.7. The Labute approximate surface area is 291 Å². The summed E-state index contributed by atoms with van der Waals surface area (Å²) in [5.41, 5.74) is 6.52. The number of hydrogen-bond donors (Lipinski definition) is 0. The second-order valence-corrected chi connectivity index (χ2v) is 16.0. The van der Waals surface area contributed by atoms with Crippen LogP contribution in [0.4, 0.5) is 0 Å². The van der Waals surface area contributed by atoms with Crippen LogP contribution in [0.5, 0.6) is 0 Å². The molecule has 232 valence electrons. The van der Waals surface area contributed by atoms with Crippen LogP contribution < -0.4 is 20.7 Å². The second-order valence-electron chi connectivity index (χ2n) is 12.3. The molecule has 0 N–H and O–H groups in total. The lowest BCUT2D eigenvalue weighted by molar-refractivity contribution is 1.18. The molecule has 50 heavy (non-hydrogen) atoms. The molecule has 4 nitrogen and oxygen atoms in total. The number of benzene rings is 7. The highest BCUT2D eigenvalue weighted by molar-refractivity contribution is 7.20. The van der Waals surface area contributed by atoms with E-state index in [0.717, 1.165) is 43.8 Å². The zero-order valence-corrected chi connectivity index (χ0v) is 28.0. The number of nitriles is 3. The lowest BCUT2D eigenvalue weighted by atomic mass is 10.0. The largest absolute Gasteiger partial charge is 0.309 e. The van der Waals surface area contributed by atoms with E-state index in [4.69, 9.17) is 0 Å². The predicted octanol–water partition coefficient (Wildman–Crippen LogP) is 7.44. The summed E-state index contributed by atoms with van der Waals surface area (Å²) >= 11 is 0. The van der Waals surface area contributed by atoms with Crippen molar-refractivity contribution in [3.05, 3.63) is 187 Å². The molecule has 0 bridgehead atoms. The van der Waals surface area contributed by atoms with Gasteiger partial charge in [-0.05, 0) is 68.8 Å². The quantitative estimate of drug-likeness (QED) is 0.138. The van der Waals surface area contributed by atoms with Crippen molar-refractivity contribution in [3.8, 4) is 35.0 Å². The highest BCUT2D eigenvalue weighted by atomic mass is 28.3. The van der Waals surface area contributed by atoms with Crippen molar-refractivity contribution in [3.63, 3.8) is 0 Å². The van der Waals surface area contributed by atoms with Gasteiger partial charge in [0.15, 0.2) is 8.07 Å². The fourth-order valence-corrected chi connectivity index (χ4v) is 12.4. The summed E-state index contributed by atoms with van der Waals surface area (Å²) in [6.07, 6.45) is 0. The van der Waals surface area contributed by atoms with Crippen LogP contribution in [0.3, 0.4) is 0 Å².